The summed E-state index contributed by atoms with van der Waals surface area (Å²) in [6.45, 7) is 0. The molecule has 0 radical (unpaired) electrons. The van der Waals surface area contributed by atoms with Gasteiger partial charge in [0.1, 0.15) is 6.04 Å². The number of nitrogens with zero attached hydrogens (tertiary/aromatic N) is 1. The average Bonchev–Trinajstić information content (AvgIpc) is 2.03. The molecule has 6 N–H and O–H groups in total. The normalized spacial score (nSPS) is 13.2. The van der Waals surface area contributed by atoms with Crippen molar-refractivity contribution in [3.8, 4) is 0 Å². The number of nitrogens with two attached hydrogens (primary N) is 2. The van der Waals surface area contributed by atoms with Gasteiger partial charge < -0.3 is 10.8 Å². The van der Waals surface area contributed by atoms with Gasteiger partial charge in [0, 0.05) is 6.21 Å². The summed E-state index contributed by atoms with van der Waals surface area (Å²) >= 11 is 0. The van der Waals surface area contributed by atoms with Crippen LogP contribution in [0.2, 0.25) is 0 Å². The Bertz CT molecular complexity index is 160. The van der Waals surface area contributed by atoms with Crippen LogP contribution in [-0.4, -0.2) is 23.3 Å². The zero-order chi connectivity index (χ0) is 9.40. The third-order valence-electron chi connectivity index (χ3n) is 1.33. The maximum absolute atomic E-state index is 10.2. The van der Waals surface area contributed by atoms with E-state index in [9.17, 15) is 4.79 Å². The van der Waals surface area contributed by atoms with Gasteiger partial charge in [-0.25, -0.2) is 11.4 Å². The fourth-order valence-electron chi connectivity index (χ4n) is 0.670. The summed E-state index contributed by atoms with van der Waals surface area (Å²) in [6, 6.07) is -0.774. The first-order valence-corrected chi connectivity index (χ1v) is 3.64. The highest BCUT2D eigenvalue weighted by Gasteiger charge is 2.09. The summed E-state index contributed by atoms with van der Waals surface area (Å²) in [5.41, 5.74) is 7.35. The highest BCUT2D eigenvalue weighted by molar-refractivity contribution is 5.73. The Kier molecular flexibility index (Phi) is 5.94. The van der Waals surface area contributed by atoms with Crippen LogP contribution < -0.4 is 17.1 Å². The van der Waals surface area contributed by atoms with Gasteiger partial charge in [-0.2, -0.15) is 5.10 Å². The van der Waals surface area contributed by atoms with Gasteiger partial charge >= 0.3 is 5.97 Å². The SMILES string of the molecule is NNN=CCCCC(N)C(=O)O. The minimum Gasteiger partial charge on any atom is -0.480 e. The van der Waals surface area contributed by atoms with Gasteiger partial charge in [0.05, 0.1) is 0 Å². The summed E-state index contributed by atoms with van der Waals surface area (Å²) in [7, 11) is 0. The second kappa shape index (κ2) is 6.56. The van der Waals surface area contributed by atoms with E-state index in [2.05, 4.69) is 10.6 Å². The molecule has 0 aliphatic carbocycles. The van der Waals surface area contributed by atoms with Crippen molar-refractivity contribution in [2.45, 2.75) is 25.3 Å². The van der Waals surface area contributed by atoms with E-state index in [1.807, 2.05) is 0 Å². The van der Waals surface area contributed by atoms with E-state index in [4.69, 9.17) is 16.7 Å². The van der Waals surface area contributed by atoms with Crippen LogP contribution in [0.1, 0.15) is 19.3 Å². The fraction of sp³-hybridized carbons (Fsp3) is 0.667. The first-order chi connectivity index (χ1) is 5.68. The Labute approximate surface area is 70.6 Å². The van der Waals surface area contributed by atoms with Gasteiger partial charge in [-0.1, -0.05) is 0 Å². The number of hydrogen-bond donors (Lipinski definition) is 4. The molecule has 6 heteroatoms. The summed E-state index contributed by atoms with van der Waals surface area (Å²) in [5, 5.41) is 11.9. The van der Waals surface area contributed by atoms with Gasteiger partial charge in [0.15, 0.2) is 0 Å². The van der Waals surface area contributed by atoms with Crippen molar-refractivity contribution in [3.05, 3.63) is 0 Å². The Balaban J connectivity index is 3.31. The summed E-state index contributed by atoms with van der Waals surface area (Å²) in [5.74, 6) is 3.88. The molecule has 0 bridgehead atoms. The number of unbranched alkanes of at least 4 members (excludes halogenated alkanes) is 1. The van der Waals surface area contributed by atoms with Crippen molar-refractivity contribution in [1.82, 2.24) is 5.53 Å². The van der Waals surface area contributed by atoms with Gasteiger partial charge in [0.25, 0.3) is 0 Å². The molecule has 0 saturated heterocycles. The predicted molar refractivity (Wildman–Crippen MR) is 45.3 cm³/mol. The largest absolute Gasteiger partial charge is 0.480 e. The lowest BCUT2D eigenvalue weighted by molar-refractivity contribution is -0.138. The Morgan fingerprint density at radius 3 is 2.92 bits per heavy atom. The molecule has 0 heterocycles. The van der Waals surface area contributed by atoms with Crippen LogP contribution in [0.4, 0.5) is 0 Å². The molecule has 70 valence electrons. The van der Waals surface area contributed by atoms with Crippen molar-refractivity contribution in [2.24, 2.45) is 16.7 Å². The smallest absolute Gasteiger partial charge is 0.320 e. The van der Waals surface area contributed by atoms with Crippen LogP contribution in [0.3, 0.4) is 0 Å². The first-order valence-electron chi connectivity index (χ1n) is 3.64. The standard InChI is InChI=1S/C6H14N4O2/c7-5(6(11)12)3-1-2-4-9-10-8/h4-5,10H,1-3,7-8H2,(H,11,12). The Morgan fingerprint density at radius 2 is 2.42 bits per heavy atom. The quantitative estimate of drug-likeness (QED) is 0.179. The third kappa shape index (κ3) is 5.63. The van der Waals surface area contributed by atoms with Gasteiger partial charge in [-0.05, 0) is 19.3 Å². The van der Waals surface area contributed by atoms with Crippen LogP contribution in [0.25, 0.3) is 0 Å². The summed E-state index contributed by atoms with van der Waals surface area (Å²) in [6.07, 6.45) is 3.39. The molecule has 1 unspecified atom stereocenters. The zero-order valence-corrected chi connectivity index (χ0v) is 6.73. The molecule has 0 aliphatic heterocycles. The first kappa shape index (κ1) is 10.9. The van der Waals surface area contributed by atoms with E-state index in [1.54, 1.807) is 6.21 Å². The fourth-order valence-corrected chi connectivity index (χ4v) is 0.670. The molecular formula is C6H14N4O2. The number of carboxylic acid groups (broad SMARTS) is 1. The summed E-state index contributed by atoms with van der Waals surface area (Å²) < 4.78 is 0. The predicted octanol–water partition coefficient (Wildman–Crippen LogP) is -0.982. The number of rotatable bonds is 6. The molecule has 1 atom stereocenters. The van der Waals surface area contributed by atoms with Gasteiger partial charge in [0.2, 0.25) is 0 Å². The van der Waals surface area contributed by atoms with Crippen LogP contribution in [0.15, 0.2) is 5.10 Å². The number of carbonyl (C=O) groups is 1. The number of hydrogen-bond acceptors (Lipinski definition) is 5. The number of carboxylic acids is 1. The second-order valence-electron chi connectivity index (χ2n) is 2.32. The number of aliphatic carboxylic acids is 1. The highest BCUT2D eigenvalue weighted by Crippen LogP contribution is 1.96. The minimum absolute atomic E-state index is 0.450. The van der Waals surface area contributed by atoms with Crippen LogP contribution in [-0.2, 0) is 4.79 Å². The monoisotopic (exact) mass is 174 g/mol. The van der Waals surface area contributed by atoms with Crippen molar-refractivity contribution in [2.75, 3.05) is 0 Å². The van der Waals surface area contributed by atoms with Gasteiger partial charge in [-0.15, -0.1) is 0 Å². The van der Waals surface area contributed by atoms with Crippen molar-refractivity contribution >= 4 is 12.2 Å². The van der Waals surface area contributed by atoms with Gasteiger partial charge in [-0.3, -0.25) is 4.79 Å². The molecule has 0 aromatic heterocycles. The van der Waals surface area contributed by atoms with E-state index in [1.165, 1.54) is 0 Å². The maximum atomic E-state index is 10.2. The van der Waals surface area contributed by atoms with Crippen molar-refractivity contribution < 1.29 is 9.90 Å². The average molecular weight is 174 g/mol. The van der Waals surface area contributed by atoms with E-state index >= 15 is 0 Å². The van der Waals surface area contributed by atoms with Crippen molar-refractivity contribution in [3.63, 3.8) is 0 Å². The van der Waals surface area contributed by atoms with Crippen LogP contribution in [0.5, 0.6) is 0 Å². The topological polar surface area (TPSA) is 114 Å². The second-order valence-corrected chi connectivity index (χ2v) is 2.32. The molecular weight excluding hydrogens is 160 g/mol. The van der Waals surface area contributed by atoms with E-state index < -0.39 is 12.0 Å². The van der Waals surface area contributed by atoms with E-state index in [0.717, 1.165) is 0 Å². The minimum atomic E-state index is -0.969. The van der Waals surface area contributed by atoms with E-state index in [-0.39, 0.29) is 0 Å². The highest BCUT2D eigenvalue weighted by atomic mass is 16.4. The lowest BCUT2D eigenvalue weighted by Gasteiger charge is -2.02. The molecule has 0 amide bonds. The number of hydrazine groups is 1. The summed E-state index contributed by atoms with van der Waals surface area (Å²) in [4.78, 5) is 10.2. The Morgan fingerprint density at radius 1 is 1.75 bits per heavy atom. The lowest BCUT2D eigenvalue weighted by Crippen LogP contribution is -2.29. The molecule has 0 aliphatic rings. The molecule has 0 spiro atoms. The van der Waals surface area contributed by atoms with Crippen LogP contribution >= 0.6 is 0 Å². The molecule has 6 nitrogen and oxygen atoms in total. The van der Waals surface area contributed by atoms with E-state index in [0.29, 0.717) is 19.3 Å². The molecule has 12 heavy (non-hydrogen) atoms. The molecule has 0 aromatic carbocycles. The van der Waals surface area contributed by atoms with Crippen LogP contribution in [0, 0.1) is 0 Å². The molecule has 0 saturated carbocycles. The maximum Gasteiger partial charge on any atom is 0.320 e. The van der Waals surface area contributed by atoms with Crippen molar-refractivity contribution in [1.29, 1.82) is 0 Å². The lowest BCUT2D eigenvalue weighted by atomic mass is 10.1. The number of hydrazone groups is 1. The molecule has 0 rings (SSSR count). The zero-order valence-electron chi connectivity index (χ0n) is 6.73. The number of nitrogens with one attached hydrogen (secondary N) is 1. The third-order valence-corrected chi connectivity index (χ3v) is 1.33. The Hall–Kier alpha value is -1.14. The molecule has 0 aromatic rings. The molecule has 0 fully saturated rings.